The highest BCUT2D eigenvalue weighted by Gasteiger charge is 2.10. The fourth-order valence-electron chi connectivity index (χ4n) is 1.89. The summed E-state index contributed by atoms with van der Waals surface area (Å²) in [5, 5.41) is 9.18. The Morgan fingerprint density at radius 1 is 1.21 bits per heavy atom. The second-order valence-electron chi connectivity index (χ2n) is 4.15. The highest BCUT2D eigenvalue weighted by Crippen LogP contribution is 2.30. The predicted octanol–water partition coefficient (Wildman–Crippen LogP) is 2.92. The second-order valence-corrected chi connectivity index (χ2v) is 4.15. The summed E-state index contributed by atoms with van der Waals surface area (Å²) >= 11 is 0. The van der Waals surface area contributed by atoms with Gasteiger partial charge in [-0.05, 0) is 30.3 Å². The van der Waals surface area contributed by atoms with Gasteiger partial charge in [-0.25, -0.2) is 0 Å². The molecule has 2 N–H and O–H groups in total. The summed E-state index contributed by atoms with van der Waals surface area (Å²) in [4.78, 5) is 1.93. The lowest BCUT2D eigenvalue weighted by atomic mass is 10.1. The predicted molar refractivity (Wildman–Crippen MR) is 76.6 cm³/mol. The number of methoxy groups -OCH3 is 1. The zero-order valence-electron chi connectivity index (χ0n) is 10.9. The first-order valence-electron chi connectivity index (χ1n) is 5.83. The van der Waals surface area contributed by atoms with Crippen LogP contribution in [0.2, 0.25) is 0 Å². The van der Waals surface area contributed by atoms with Crippen LogP contribution in [0, 0.1) is 11.3 Å². The smallest absolute Gasteiger partial charge is 0.120 e. The van der Waals surface area contributed by atoms with E-state index in [1.54, 1.807) is 19.2 Å². The zero-order valence-corrected chi connectivity index (χ0v) is 10.9. The van der Waals surface area contributed by atoms with E-state index < -0.39 is 0 Å². The van der Waals surface area contributed by atoms with Crippen LogP contribution in [0.1, 0.15) is 5.56 Å². The fraction of sp³-hybridized carbons (Fsp3) is 0.133. The molecule has 0 radical (unpaired) electrons. The molecule has 2 aromatic rings. The molecular formula is C15H15N3O. The topological polar surface area (TPSA) is 62.3 Å². The number of rotatable bonds is 3. The molecular weight excluding hydrogens is 238 g/mol. The second kappa shape index (κ2) is 5.32. The minimum atomic E-state index is 0.547. The van der Waals surface area contributed by atoms with Crippen molar-refractivity contribution >= 4 is 17.1 Å². The van der Waals surface area contributed by atoms with Crippen LogP contribution in [-0.2, 0) is 0 Å². The molecule has 0 aliphatic rings. The Labute approximate surface area is 112 Å². The lowest BCUT2D eigenvalue weighted by Gasteiger charge is -2.21. The lowest BCUT2D eigenvalue weighted by molar-refractivity contribution is 0.415. The van der Waals surface area contributed by atoms with Gasteiger partial charge in [-0.2, -0.15) is 5.26 Å². The van der Waals surface area contributed by atoms with Crippen LogP contribution < -0.4 is 15.4 Å². The summed E-state index contributed by atoms with van der Waals surface area (Å²) in [5.41, 5.74) is 8.58. The molecule has 0 aliphatic carbocycles. The minimum Gasteiger partial charge on any atom is -0.497 e. The first-order chi connectivity index (χ1) is 9.15. The van der Waals surface area contributed by atoms with E-state index in [0.717, 1.165) is 17.1 Å². The molecule has 0 aromatic heterocycles. The van der Waals surface area contributed by atoms with Crippen molar-refractivity contribution in [3.8, 4) is 11.8 Å². The van der Waals surface area contributed by atoms with Gasteiger partial charge in [-0.1, -0.05) is 6.07 Å². The van der Waals surface area contributed by atoms with Crippen molar-refractivity contribution in [2.45, 2.75) is 0 Å². The molecule has 96 valence electrons. The Morgan fingerprint density at radius 2 is 2.00 bits per heavy atom. The number of anilines is 3. The molecule has 4 heteroatoms. The number of nitriles is 1. The summed E-state index contributed by atoms with van der Waals surface area (Å²) in [6.07, 6.45) is 0. The Bertz CT molecular complexity index is 632. The van der Waals surface area contributed by atoms with E-state index in [-0.39, 0.29) is 0 Å². The third-order valence-electron chi connectivity index (χ3n) is 2.94. The highest BCUT2D eigenvalue weighted by molar-refractivity contribution is 5.71. The first-order valence-corrected chi connectivity index (χ1v) is 5.83. The van der Waals surface area contributed by atoms with Gasteiger partial charge in [-0.15, -0.1) is 0 Å². The Hall–Kier alpha value is -2.67. The highest BCUT2D eigenvalue weighted by atomic mass is 16.5. The number of nitrogens with two attached hydrogens (primary N) is 1. The number of nitrogens with zero attached hydrogens (tertiary/aromatic N) is 2. The SMILES string of the molecule is COc1cccc(N(C)c2ccc(N)cc2C#N)c1. The molecule has 2 rings (SSSR count). The van der Waals surface area contributed by atoms with Crippen molar-refractivity contribution in [1.82, 2.24) is 0 Å². The van der Waals surface area contributed by atoms with E-state index in [9.17, 15) is 5.26 Å². The van der Waals surface area contributed by atoms with E-state index in [2.05, 4.69) is 6.07 Å². The monoisotopic (exact) mass is 253 g/mol. The fourth-order valence-corrected chi connectivity index (χ4v) is 1.89. The van der Waals surface area contributed by atoms with Gasteiger partial charge in [0.2, 0.25) is 0 Å². The molecule has 0 fully saturated rings. The summed E-state index contributed by atoms with van der Waals surface area (Å²) in [6, 6.07) is 15.1. The number of benzene rings is 2. The standard InChI is InChI=1S/C15H15N3O/c1-18(13-4-3-5-14(9-13)19-2)15-7-6-12(17)8-11(15)10-16/h3-9H,17H2,1-2H3. The van der Waals surface area contributed by atoms with Gasteiger partial charge >= 0.3 is 0 Å². The Morgan fingerprint density at radius 3 is 2.68 bits per heavy atom. The van der Waals surface area contributed by atoms with Crippen molar-refractivity contribution < 1.29 is 4.74 Å². The van der Waals surface area contributed by atoms with Gasteiger partial charge in [0.15, 0.2) is 0 Å². The van der Waals surface area contributed by atoms with Crippen LogP contribution >= 0.6 is 0 Å². The van der Waals surface area contributed by atoms with Crippen LogP contribution in [0.15, 0.2) is 42.5 Å². The summed E-state index contributed by atoms with van der Waals surface area (Å²) in [5.74, 6) is 0.776. The molecule has 0 saturated carbocycles. The minimum absolute atomic E-state index is 0.547. The number of hydrogen-bond donors (Lipinski definition) is 1. The summed E-state index contributed by atoms with van der Waals surface area (Å²) in [7, 11) is 3.53. The molecule has 0 atom stereocenters. The van der Waals surface area contributed by atoms with E-state index in [4.69, 9.17) is 10.5 Å². The number of hydrogen-bond acceptors (Lipinski definition) is 4. The molecule has 0 unspecified atom stereocenters. The van der Waals surface area contributed by atoms with Crippen LogP contribution in [0.25, 0.3) is 0 Å². The Balaban J connectivity index is 2.44. The van der Waals surface area contributed by atoms with Crippen molar-refractivity contribution in [1.29, 1.82) is 5.26 Å². The average molecular weight is 253 g/mol. The van der Waals surface area contributed by atoms with Gasteiger partial charge in [0.05, 0.1) is 18.4 Å². The Kier molecular flexibility index (Phi) is 3.58. The van der Waals surface area contributed by atoms with Crippen LogP contribution in [0.4, 0.5) is 17.1 Å². The number of nitrogen functional groups attached to an aromatic ring is 1. The van der Waals surface area contributed by atoms with Gasteiger partial charge in [0.25, 0.3) is 0 Å². The number of ether oxygens (including phenoxy) is 1. The van der Waals surface area contributed by atoms with Crippen molar-refractivity contribution in [2.24, 2.45) is 0 Å². The molecule has 0 bridgehead atoms. The first kappa shape index (κ1) is 12.8. The van der Waals surface area contributed by atoms with Gasteiger partial charge in [0.1, 0.15) is 11.8 Å². The largest absolute Gasteiger partial charge is 0.497 e. The van der Waals surface area contributed by atoms with Crippen LogP contribution in [0.3, 0.4) is 0 Å². The van der Waals surface area contributed by atoms with Crippen molar-refractivity contribution in [3.63, 3.8) is 0 Å². The maximum absolute atomic E-state index is 9.18. The van der Waals surface area contributed by atoms with Crippen molar-refractivity contribution in [2.75, 3.05) is 24.8 Å². The lowest BCUT2D eigenvalue weighted by Crippen LogP contribution is -2.11. The third kappa shape index (κ3) is 2.61. The quantitative estimate of drug-likeness (QED) is 0.854. The maximum atomic E-state index is 9.18. The average Bonchev–Trinajstić information content (AvgIpc) is 2.46. The van der Waals surface area contributed by atoms with Gasteiger partial charge < -0.3 is 15.4 Å². The summed E-state index contributed by atoms with van der Waals surface area (Å²) in [6.45, 7) is 0. The normalized spacial score (nSPS) is 9.74. The van der Waals surface area contributed by atoms with E-state index in [1.807, 2.05) is 42.3 Å². The summed E-state index contributed by atoms with van der Waals surface area (Å²) < 4.78 is 5.20. The van der Waals surface area contributed by atoms with Gasteiger partial charge in [-0.3, -0.25) is 0 Å². The molecule has 0 saturated heterocycles. The van der Waals surface area contributed by atoms with E-state index in [1.165, 1.54) is 0 Å². The molecule has 0 spiro atoms. The molecule has 19 heavy (non-hydrogen) atoms. The molecule has 0 heterocycles. The van der Waals surface area contributed by atoms with E-state index >= 15 is 0 Å². The maximum Gasteiger partial charge on any atom is 0.120 e. The van der Waals surface area contributed by atoms with Crippen LogP contribution in [0.5, 0.6) is 5.75 Å². The van der Waals surface area contributed by atoms with Crippen molar-refractivity contribution in [3.05, 3.63) is 48.0 Å². The third-order valence-corrected chi connectivity index (χ3v) is 2.94. The molecule has 2 aromatic carbocycles. The van der Waals surface area contributed by atoms with E-state index in [0.29, 0.717) is 11.3 Å². The molecule has 0 aliphatic heterocycles. The zero-order chi connectivity index (χ0) is 13.8. The van der Waals surface area contributed by atoms with Crippen LogP contribution in [-0.4, -0.2) is 14.2 Å². The molecule has 4 nitrogen and oxygen atoms in total. The molecule has 0 amide bonds. The van der Waals surface area contributed by atoms with Gasteiger partial charge in [0, 0.05) is 24.5 Å².